The molecule has 0 aliphatic carbocycles. The molecule has 8 heteroatoms. The number of hydrogen-bond donors (Lipinski definition) is 2. The van der Waals surface area contributed by atoms with E-state index < -0.39 is 6.09 Å². The van der Waals surface area contributed by atoms with Gasteiger partial charge in [0.1, 0.15) is 0 Å². The lowest BCUT2D eigenvalue weighted by Gasteiger charge is -2.32. The van der Waals surface area contributed by atoms with Crippen molar-refractivity contribution in [3.63, 3.8) is 0 Å². The van der Waals surface area contributed by atoms with Gasteiger partial charge < -0.3 is 15.1 Å². The normalized spacial score (nSPS) is 25.3. The summed E-state index contributed by atoms with van der Waals surface area (Å²) in [5.74, 6) is -0.114. The van der Waals surface area contributed by atoms with Crippen LogP contribution in [0.2, 0.25) is 0 Å². The van der Waals surface area contributed by atoms with Gasteiger partial charge in [0, 0.05) is 25.5 Å². The second-order valence-electron chi connectivity index (χ2n) is 5.68. The van der Waals surface area contributed by atoms with Crippen LogP contribution in [-0.4, -0.2) is 56.1 Å². The molecule has 1 aromatic heterocycles. The van der Waals surface area contributed by atoms with Crippen LogP contribution in [0.15, 0.2) is 6.20 Å². The Bertz CT molecular complexity index is 585. The van der Waals surface area contributed by atoms with E-state index in [9.17, 15) is 19.8 Å². The van der Waals surface area contributed by atoms with Gasteiger partial charge in [-0.15, -0.1) is 0 Å². The van der Waals surface area contributed by atoms with Crippen LogP contribution in [0.5, 0.6) is 0 Å². The van der Waals surface area contributed by atoms with Crippen LogP contribution in [0.4, 0.5) is 10.5 Å². The molecule has 0 aromatic carbocycles. The van der Waals surface area contributed by atoms with Crippen molar-refractivity contribution in [2.75, 3.05) is 18.1 Å². The van der Waals surface area contributed by atoms with Gasteiger partial charge in [0.2, 0.25) is 5.91 Å². The Hall–Kier alpha value is -2.09. The number of aliphatic hydroxyl groups excluding tert-OH is 1. The Balaban J connectivity index is 1.90. The number of amides is 2. The summed E-state index contributed by atoms with van der Waals surface area (Å²) in [5.41, 5.74) is 1.40. The van der Waals surface area contributed by atoms with Crippen LogP contribution >= 0.6 is 0 Å². The Morgan fingerprint density at radius 2 is 2.24 bits per heavy atom. The summed E-state index contributed by atoms with van der Waals surface area (Å²) >= 11 is 0. The number of hydrogen-bond acceptors (Lipinski definition) is 4. The number of carbonyl (C=O) groups excluding carboxylic acids is 1. The third-order valence-electron chi connectivity index (χ3n) is 4.22. The van der Waals surface area contributed by atoms with Gasteiger partial charge in [-0.3, -0.25) is 14.4 Å². The minimum Gasteiger partial charge on any atom is -0.465 e. The summed E-state index contributed by atoms with van der Waals surface area (Å²) in [5, 5.41) is 22.7. The molecule has 1 saturated heterocycles. The zero-order chi connectivity index (χ0) is 15.1. The lowest BCUT2D eigenvalue weighted by Crippen LogP contribution is -2.44. The molecule has 8 nitrogen and oxygen atoms in total. The van der Waals surface area contributed by atoms with E-state index in [0.29, 0.717) is 25.2 Å². The van der Waals surface area contributed by atoms with E-state index in [-0.39, 0.29) is 31.0 Å². The predicted molar refractivity (Wildman–Crippen MR) is 72.8 cm³/mol. The summed E-state index contributed by atoms with van der Waals surface area (Å²) in [6.07, 6.45) is 0.965. The molecular weight excluding hydrogens is 276 g/mol. The van der Waals surface area contributed by atoms with Crippen LogP contribution in [0, 0.1) is 5.92 Å². The van der Waals surface area contributed by atoms with Gasteiger partial charge >= 0.3 is 6.09 Å². The molecule has 1 aromatic rings. The van der Waals surface area contributed by atoms with Gasteiger partial charge in [0.05, 0.1) is 36.7 Å². The number of rotatable bonds is 2. The molecule has 114 valence electrons. The van der Waals surface area contributed by atoms with Crippen molar-refractivity contribution in [1.82, 2.24) is 14.7 Å². The fourth-order valence-corrected chi connectivity index (χ4v) is 3.01. The lowest BCUT2D eigenvalue weighted by molar-refractivity contribution is -0.117. The highest BCUT2D eigenvalue weighted by atomic mass is 16.4. The average Bonchev–Trinajstić information content (AvgIpc) is 3.00. The molecule has 0 spiro atoms. The smallest absolute Gasteiger partial charge is 0.407 e. The molecule has 21 heavy (non-hydrogen) atoms. The number of anilines is 1. The SMILES string of the molecule is CC1Cn2ncc(N3CC(CO)CC3=O)c2CN1C(=O)O. The molecule has 2 aliphatic heterocycles. The van der Waals surface area contributed by atoms with Gasteiger partial charge in [0.25, 0.3) is 0 Å². The fourth-order valence-electron chi connectivity index (χ4n) is 3.01. The summed E-state index contributed by atoms with van der Waals surface area (Å²) < 4.78 is 1.76. The Morgan fingerprint density at radius 1 is 1.48 bits per heavy atom. The molecule has 3 rings (SSSR count). The Labute approximate surface area is 121 Å². The monoisotopic (exact) mass is 294 g/mol. The molecule has 2 unspecified atom stereocenters. The number of nitrogens with zero attached hydrogens (tertiary/aromatic N) is 4. The maximum Gasteiger partial charge on any atom is 0.407 e. The van der Waals surface area contributed by atoms with E-state index in [4.69, 9.17) is 0 Å². The maximum absolute atomic E-state index is 12.1. The average molecular weight is 294 g/mol. The fraction of sp³-hybridized carbons (Fsp3) is 0.615. The number of fused-ring (bicyclic) bond motifs is 1. The zero-order valence-corrected chi connectivity index (χ0v) is 11.8. The summed E-state index contributed by atoms with van der Waals surface area (Å²) in [4.78, 5) is 26.3. The van der Waals surface area contributed by atoms with E-state index in [1.165, 1.54) is 4.90 Å². The van der Waals surface area contributed by atoms with Crippen molar-refractivity contribution in [1.29, 1.82) is 0 Å². The van der Waals surface area contributed by atoms with E-state index in [2.05, 4.69) is 5.10 Å². The topological polar surface area (TPSA) is 98.9 Å². The van der Waals surface area contributed by atoms with E-state index in [1.807, 2.05) is 6.92 Å². The van der Waals surface area contributed by atoms with Crippen LogP contribution in [-0.2, 0) is 17.9 Å². The Kier molecular flexibility index (Phi) is 3.32. The highest BCUT2D eigenvalue weighted by Crippen LogP contribution is 2.31. The minimum absolute atomic E-state index is 0.0238. The highest BCUT2D eigenvalue weighted by Gasteiger charge is 2.35. The number of aliphatic hydroxyl groups is 1. The molecular formula is C13H18N4O4. The molecule has 2 atom stereocenters. The molecule has 1 fully saturated rings. The summed E-state index contributed by atoms with van der Waals surface area (Å²) in [7, 11) is 0. The van der Waals surface area contributed by atoms with Gasteiger partial charge in [-0.05, 0) is 6.92 Å². The lowest BCUT2D eigenvalue weighted by atomic mass is 10.1. The predicted octanol–water partition coefficient (Wildman–Crippen LogP) is 0.110. The van der Waals surface area contributed by atoms with Crippen molar-refractivity contribution < 1.29 is 19.8 Å². The van der Waals surface area contributed by atoms with Crippen molar-refractivity contribution in [3.8, 4) is 0 Å². The quantitative estimate of drug-likeness (QED) is 0.806. The third kappa shape index (κ3) is 2.25. The first kappa shape index (κ1) is 13.9. The van der Waals surface area contributed by atoms with Crippen LogP contribution in [0.1, 0.15) is 19.0 Å². The van der Waals surface area contributed by atoms with E-state index in [0.717, 1.165) is 5.69 Å². The first-order chi connectivity index (χ1) is 10.0. The molecule has 2 amide bonds. The number of carbonyl (C=O) groups is 2. The summed E-state index contributed by atoms with van der Waals surface area (Å²) in [6.45, 7) is 2.97. The van der Waals surface area contributed by atoms with Gasteiger partial charge in [0.15, 0.2) is 0 Å². The van der Waals surface area contributed by atoms with E-state index in [1.54, 1.807) is 15.8 Å². The number of aromatic nitrogens is 2. The summed E-state index contributed by atoms with van der Waals surface area (Å²) in [6, 6.07) is -0.151. The first-order valence-corrected chi connectivity index (χ1v) is 6.96. The molecule has 2 N–H and O–H groups in total. The third-order valence-corrected chi connectivity index (χ3v) is 4.22. The van der Waals surface area contributed by atoms with Gasteiger partial charge in [-0.2, -0.15) is 5.10 Å². The van der Waals surface area contributed by atoms with E-state index >= 15 is 0 Å². The van der Waals surface area contributed by atoms with Crippen molar-refractivity contribution >= 4 is 17.7 Å². The standard InChI is InChI=1S/C13H18N4O4/c1-8-4-17-11(6-15(8)13(20)21)10(3-14-17)16-5-9(7-18)2-12(16)19/h3,8-9,18H,2,4-7H2,1H3,(H,20,21). The second kappa shape index (κ2) is 5.03. The van der Waals surface area contributed by atoms with Gasteiger partial charge in [-0.1, -0.05) is 0 Å². The molecule has 3 heterocycles. The molecule has 2 aliphatic rings. The van der Waals surface area contributed by atoms with Crippen LogP contribution in [0.3, 0.4) is 0 Å². The van der Waals surface area contributed by atoms with Crippen LogP contribution < -0.4 is 4.90 Å². The van der Waals surface area contributed by atoms with Crippen molar-refractivity contribution in [3.05, 3.63) is 11.9 Å². The molecule has 0 saturated carbocycles. The molecule has 0 radical (unpaired) electrons. The van der Waals surface area contributed by atoms with Crippen molar-refractivity contribution in [2.45, 2.75) is 32.5 Å². The number of carboxylic acid groups (broad SMARTS) is 1. The minimum atomic E-state index is -0.970. The van der Waals surface area contributed by atoms with Crippen molar-refractivity contribution in [2.24, 2.45) is 5.92 Å². The highest BCUT2D eigenvalue weighted by molar-refractivity contribution is 5.96. The second-order valence-corrected chi connectivity index (χ2v) is 5.68. The van der Waals surface area contributed by atoms with Gasteiger partial charge in [-0.25, -0.2) is 4.79 Å². The molecule has 0 bridgehead atoms. The largest absolute Gasteiger partial charge is 0.465 e. The first-order valence-electron chi connectivity index (χ1n) is 6.96. The maximum atomic E-state index is 12.1. The van der Waals surface area contributed by atoms with Crippen LogP contribution in [0.25, 0.3) is 0 Å². The Morgan fingerprint density at radius 3 is 2.86 bits per heavy atom. The zero-order valence-electron chi connectivity index (χ0n) is 11.8.